The number of rotatable bonds is 4. The fourth-order valence-electron chi connectivity index (χ4n) is 2.24. The predicted molar refractivity (Wildman–Crippen MR) is 124 cm³/mol. The Morgan fingerprint density at radius 2 is 1.11 bits per heavy atom. The van der Waals surface area contributed by atoms with Crippen molar-refractivity contribution < 1.29 is 9.59 Å². The molecular weight excluding hydrogens is 622 g/mol. The van der Waals surface area contributed by atoms with E-state index in [1.54, 1.807) is 30.3 Å². The number of anilines is 2. The minimum absolute atomic E-state index is 0.136. The molecular formula is C19H11Br4N3O2. The van der Waals surface area contributed by atoms with Crippen molar-refractivity contribution in [3.05, 3.63) is 83.9 Å². The minimum atomic E-state index is -0.414. The monoisotopic (exact) mass is 629 g/mol. The second-order valence-corrected chi connectivity index (χ2v) is 9.10. The van der Waals surface area contributed by atoms with E-state index in [2.05, 4.69) is 79.3 Å². The lowest BCUT2D eigenvalue weighted by atomic mass is 10.2. The van der Waals surface area contributed by atoms with E-state index < -0.39 is 11.8 Å². The third kappa shape index (κ3) is 5.28. The zero-order valence-corrected chi connectivity index (χ0v) is 20.3. The molecule has 0 bridgehead atoms. The molecule has 0 saturated carbocycles. The normalized spacial score (nSPS) is 10.4. The third-order valence-electron chi connectivity index (χ3n) is 3.57. The SMILES string of the molecule is O=C(Nc1ccc(Br)cc1Br)c1cccc(C(=O)Nc2ccc(Br)cc2Br)n1. The highest BCUT2D eigenvalue weighted by atomic mass is 79.9. The Kier molecular flexibility index (Phi) is 7.03. The lowest BCUT2D eigenvalue weighted by molar-refractivity contribution is 0.101. The summed E-state index contributed by atoms with van der Waals surface area (Å²) in [7, 11) is 0. The number of carbonyl (C=O) groups excluding carboxylic acids is 2. The van der Waals surface area contributed by atoms with Gasteiger partial charge in [0.05, 0.1) is 11.4 Å². The van der Waals surface area contributed by atoms with Gasteiger partial charge in [-0.1, -0.05) is 37.9 Å². The van der Waals surface area contributed by atoms with E-state index in [1.165, 1.54) is 0 Å². The molecule has 3 rings (SSSR count). The van der Waals surface area contributed by atoms with Gasteiger partial charge in [0.15, 0.2) is 0 Å². The maximum atomic E-state index is 12.5. The van der Waals surface area contributed by atoms with E-state index in [4.69, 9.17) is 0 Å². The number of hydrogen-bond acceptors (Lipinski definition) is 3. The molecule has 0 saturated heterocycles. The number of aromatic nitrogens is 1. The Labute approximate surface area is 194 Å². The quantitative estimate of drug-likeness (QED) is 0.339. The van der Waals surface area contributed by atoms with Crippen LogP contribution in [-0.4, -0.2) is 16.8 Å². The first-order valence-electron chi connectivity index (χ1n) is 7.83. The molecule has 0 spiro atoms. The van der Waals surface area contributed by atoms with Crippen LogP contribution >= 0.6 is 63.7 Å². The number of amides is 2. The third-order valence-corrected chi connectivity index (χ3v) is 5.87. The van der Waals surface area contributed by atoms with Crippen LogP contribution in [-0.2, 0) is 0 Å². The van der Waals surface area contributed by atoms with Crippen molar-refractivity contribution in [2.45, 2.75) is 0 Å². The largest absolute Gasteiger partial charge is 0.320 e. The second-order valence-electron chi connectivity index (χ2n) is 5.56. The molecule has 2 aromatic carbocycles. The van der Waals surface area contributed by atoms with Crippen LogP contribution < -0.4 is 10.6 Å². The Morgan fingerprint density at radius 3 is 1.50 bits per heavy atom. The number of nitrogens with one attached hydrogen (secondary N) is 2. The summed E-state index contributed by atoms with van der Waals surface area (Å²) >= 11 is 13.5. The standard InChI is InChI=1S/C19H11Br4N3O2/c20-10-4-6-14(12(22)8-10)25-18(27)16-2-1-3-17(24-16)19(28)26-15-7-5-11(21)9-13(15)23/h1-9H,(H,25,27)(H,26,28). The van der Waals surface area contributed by atoms with Crippen molar-refractivity contribution in [2.24, 2.45) is 0 Å². The van der Waals surface area contributed by atoms with Crippen LogP contribution in [0.15, 0.2) is 72.5 Å². The summed E-state index contributed by atoms with van der Waals surface area (Å²) < 4.78 is 3.22. The first kappa shape index (κ1) is 21.2. The van der Waals surface area contributed by atoms with Crippen LogP contribution in [0.25, 0.3) is 0 Å². The van der Waals surface area contributed by atoms with Crippen molar-refractivity contribution in [3.8, 4) is 0 Å². The molecule has 0 aliphatic heterocycles. The van der Waals surface area contributed by atoms with Gasteiger partial charge in [0.25, 0.3) is 11.8 Å². The summed E-state index contributed by atoms with van der Waals surface area (Å²) in [6, 6.07) is 15.5. The molecule has 9 heteroatoms. The lowest BCUT2D eigenvalue weighted by Crippen LogP contribution is -2.18. The zero-order valence-electron chi connectivity index (χ0n) is 14.0. The van der Waals surface area contributed by atoms with E-state index in [-0.39, 0.29) is 11.4 Å². The molecule has 3 aromatic rings. The van der Waals surface area contributed by atoms with E-state index >= 15 is 0 Å². The molecule has 0 fully saturated rings. The molecule has 1 heterocycles. The molecule has 5 nitrogen and oxygen atoms in total. The minimum Gasteiger partial charge on any atom is -0.320 e. The molecule has 0 radical (unpaired) electrons. The maximum absolute atomic E-state index is 12.5. The zero-order chi connectivity index (χ0) is 20.3. The highest BCUT2D eigenvalue weighted by Gasteiger charge is 2.15. The van der Waals surface area contributed by atoms with E-state index in [9.17, 15) is 9.59 Å². The van der Waals surface area contributed by atoms with Crippen molar-refractivity contribution >= 4 is 86.9 Å². The van der Waals surface area contributed by atoms with Gasteiger partial charge in [-0.05, 0) is 80.4 Å². The summed E-state index contributed by atoms with van der Waals surface area (Å²) in [6.45, 7) is 0. The summed E-state index contributed by atoms with van der Waals surface area (Å²) in [5.74, 6) is -0.829. The van der Waals surface area contributed by atoms with Gasteiger partial charge in [-0.2, -0.15) is 0 Å². The van der Waals surface area contributed by atoms with Gasteiger partial charge in [0.2, 0.25) is 0 Å². The van der Waals surface area contributed by atoms with Crippen molar-refractivity contribution in [1.29, 1.82) is 0 Å². The Balaban J connectivity index is 1.77. The average Bonchev–Trinajstić information content (AvgIpc) is 2.66. The average molecular weight is 633 g/mol. The first-order valence-corrected chi connectivity index (χ1v) is 11.0. The van der Waals surface area contributed by atoms with Crippen molar-refractivity contribution in [1.82, 2.24) is 4.98 Å². The van der Waals surface area contributed by atoms with E-state index in [0.29, 0.717) is 11.4 Å². The molecule has 142 valence electrons. The van der Waals surface area contributed by atoms with Crippen LogP contribution in [0, 0.1) is 0 Å². The van der Waals surface area contributed by atoms with Gasteiger partial charge in [-0.25, -0.2) is 4.98 Å². The second kappa shape index (κ2) is 9.30. The van der Waals surface area contributed by atoms with Gasteiger partial charge in [0.1, 0.15) is 11.4 Å². The highest BCUT2D eigenvalue weighted by molar-refractivity contribution is 9.11. The topological polar surface area (TPSA) is 71.1 Å². The van der Waals surface area contributed by atoms with Crippen molar-refractivity contribution in [3.63, 3.8) is 0 Å². The molecule has 0 atom stereocenters. The molecule has 28 heavy (non-hydrogen) atoms. The molecule has 2 amide bonds. The van der Waals surface area contributed by atoms with Crippen molar-refractivity contribution in [2.75, 3.05) is 10.6 Å². The molecule has 2 N–H and O–H groups in total. The first-order chi connectivity index (χ1) is 13.3. The fraction of sp³-hybridized carbons (Fsp3) is 0. The molecule has 0 aliphatic rings. The van der Waals surface area contributed by atoms with E-state index in [1.807, 2.05) is 24.3 Å². The Bertz CT molecular complexity index is 992. The summed E-state index contributed by atoms with van der Waals surface area (Å²) in [4.78, 5) is 29.2. The van der Waals surface area contributed by atoms with Crippen LogP contribution in [0.3, 0.4) is 0 Å². The number of pyridine rings is 1. The fourth-order valence-corrected chi connectivity index (χ4v) is 4.53. The molecule has 0 aliphatic carbocycles. The Morgan fingerprint density at radius 1 is 0.679 bits per heavy atom. The number of halogens is 4. The van der Waals surface area contributed by atoms with Gasteiger partial charge < -0.3 is 10.6 Å². The van der Waals surface area contributed by atoms with Gasteiger partial charge in [-0.3, -0.25) is 9.59 Å². The van der Waals surface area contributed by atoms with E-state index in [0.717, 1.165) is 17.9 Å². The van der Waals surface area contributed by atoms with Gasteiger partial charge in [-0.15, -0.1) is 0 Å². The molecule has 0 unspecified atom stereocenters. The smallest absolute Gasteiger partial charge is 0.274 e. The maximum Gasteiger partial charge on any atom is 0.274 e. The Hall–Kier alpha value is -1.55. The summed E-state index contributed by atoms with van der Waals surface area (Å²) in [5.41, 5.74) is 1.47. The summed E-state index contributed by atoms with van der Waals surface area (Å²) in [5, 5.41) is 5.54. The lowest BCUT2D eigenvalue weighted by Gasteiger charge is -2.10. The number of benzene rings is 2. The van der Waals surface area contributed by atoms with Gasteiger partial charge >= 0.3 is 0 Å². The van der Waals surface area contributed by atoms with Crippen LogP contribution in [0.2, 0.25) is 0 Å². The number of hydrogen-bond donors (Lipinski definition) is 2. The van der Waals surface area contributed by atoms with Crippen LogP contribution in [0.5, 0.6) is 0 Å². The predicted octanol–water partition coefficient (Wildman–Crippen LogP) is 6.64. The summed E-state index contributed by atoms with van der Waals surface area (Å²) in [6.07, 6.45) is 0. The molecule has 1 aromatic heterocycles. The number of nitrogens with zero attached hydrogens (tertiary/aromatic N) is 1. The number of carbonyl (C=O) groups is 2. The van der Waals surface area contributed by atoms with Gasteiger partial charge in [0, 0.05) is 17.9 Å². The van der Waals surface area contributed by atoms with Crippen LogP contribution in [0.4, 0.5) is 11.4 Å². The highest BCUT2D eigenvalue weighted by Crippen LogP contribution is 2.27. The van der Waals surface area contributed by atoms with Crippen LogP contribution in [0.1, 0.15) is 21.0 Å².